The summed E-state index contributed by atoms with van der Waals surface area (Å²) in [6, 6.07) is 17.6. The fourth-order valence-corrected chi connectivity index (χ4v) is 2.20. The average Bonchev–Trinajstić information content (AvgIpc) is 2.55. The van der Waals surface area contributed by atoms with Crippen LogP contribution in [0.5, 0.6) is 0 Å². The van der Waals surface area contributed by atoms with Crippen molar-refractivity contribution in [3.8, 4) is 0 Å². The number of amides is 1. The van der Waals surface area contributed by atoms with Crippen LogP contribution in [0.2, 0.25) is 0 Å². The second-order valence-electron chi connectivity index (χ2n) is 4.76. The molecule has 0 spiro atoms. The molecule has 0 saturated carbocycles. The number of nitrogens with two attached hydrogens (primary N) is 1. The Bertz CT molecular complexity index is 639. The molecule has 3 N–H and O–H groups in total. The van der Waals surface area contributed by atoms with E-state index in [0.29, 0.717) is 19.4 Å². The van der Waals surface area contributed by atoms with E-state index in [0.717, 1.165) is 21.3 Å². The molecule has 4 nitrogen and oxygen atoms in total. The molecule has 2 aromatic rings. The lowest BCUT2D eigenvalue weighted by Gasteiger charge is -2.08. The second-order valence-corrected chi connectivity index (χ2v) is 5.68. The Hall–Kier alpha value is -1.98. The molecule has 114 valence electrons. The molecule has 0 aliphatic carbocycles. The molecule has 1 amide bonds. The lowest BCUT2D eigenvalue weighted by molar-refractivity contribution is -0.121. The Morgan fingerprint density at radius 2 is 1.68 bits per heavy atom. The van der Waals surface area contributed by atoms with Crippen molar-refractivity contribution in [3.05, 3.63) is 70.2 Å². The zero-order chi connectivity index (χ0) is 15.8. The molecule has 2 rings (SSSR count). The highest BCUT2D eigenvalue weighted by Gasteiger charge is 2.08. The van der Waals surface area contributed by atoms with E-state index in [1.807, 2.05) is 54.6 Å². The van der Waals surface area contributed by atoms with Gasteiger partial charge >= 0.3 is 0 Å². The molecular formula is C17H18BrN3O. The molecule has 0 aliphatic heterocycles. The largest absolute Gasteiger partial charge is 0.330 e. The Balaban J connectivity index is 2.26. The zero-order valence-corrected chi connectivity index (χ0v) is 13.7. The first-order valence-corrected chi connectivity index (χ1v) is 7.88. The number of carbonyl (C=O) groups is 1. The summed E-state index contributed by atoms with van der Waals surface area (Å²) < 4.78 is 0.996. The molecule has 0 bridgehead atoms. The number of nitrogens with zero attached hydrogens (tertiary/aromatic N) is 1. The number of rotatable bonds is 6. The van der Waals surface area contributed by atoms with E-state index in [9.17, 15) is 4.79 Å². The van der Waals surface area contributed by atoms with Crippen LogP contribution in [0.3, 0.4) is 0 Å². The van der Waals surface area contributed by atoms with Crippen LogP contribution in [-0.4, -0.2) is 18.2 Å². The standard InChI is InChI=1S/C17H18BrN3O/c18-15-10-8-14(9-11-15)17(13-5-2-1-3-6-13)21-20-16(22)7-4-12-19/h1-3,5-6,8-11H,4,7,12,19H2,(H,20,22)/b21-17+. The minimum atomic E-state index is -0.129. The molecule has 5 heteroatoms. The first-order chi connectivity index (χ1) is 10.7. The maximum atomic E-state index is 11.7. The summed E-state index contributed by atoms with van der Waals surface area (Å²) in [5.74, 6) is -0.129. The molecule has 0 heterocycles. The second kappa shape index (κ2) is 8.46. The van der Waals surface area contributed by atoms with Crippen molar-refractivity contribution in [1.29, 1.82) is 0 Å². The quantitative estimate of drug-likeness (QED) is 0.614. The normalized spacial score (nSPS) is 11.3. The zero-order valence-electron chi connectivity index (χ0n) is 12.1. The van der Waals surface area contributed by atoms with E-state index in [4.69, 9.17) is 5.73 Å². The number of hydrogen-bond acceptors (Lipinski definition) is 3. The maximum absolute atomic E-state index is 11.7. The van der Waals surface area contributed by atoms with Crippen molar-refractivity contribution in [3.63, 3.8) is 0 Å². The lowest BCUT2D eigenvalue weighted by atomic mass is 10.0. The van der Waals surface area contributed by atoms with E-state index >= 15 is 0 Å². The van der Waals surface area contributed by atoms with Crippen molar-refractivity contribution < 1.29 is 4.79 Å². The Morgan fingerprint density at radius 3 is 2.32 bits per heavy atom. The summed E-state index contributed by atoms with van der Waals surface area (Å²) in [6.45, 7) is 0.495. The first-order valence-electron chi connectivity index (χ1n) is 7.08. The lowest BCUT2D eigenvalue weighted by Crippen LogP contribution is -2.21. The van der Waals surface area contributed by atoms with Gasteiger partial charge < -0.3 is 5.73 Å². The molecular weight excluding hydrogens is 342 g/mol. The van der Waals surface area contributed by atoms with Gasteiger partial charge in [0, 0.05) is 22.0 Å². The third-order valence-electron chi connectivity index (χ3n) is 3.07. The van der Waals surface area contributed by atoms with E-state index in [-0.39, 0.29) is 5.91 Å². The number of hydrazone groups is 1. The van der Waals surface area contributed by atoms with E-state index in [2.05, 4.69) is 26.5 Å². The summed E-state index contributed by atoms with van der Waals surface area (Å²) >= 11 is 3.42. The number of carbonyl (C=O) groups excluding carboxylic acids is 1. The molecule has 0 aromatic heterocycles. The van der Waals surface area contributed by atoms with Gasteiger partial charge in [0.05, 0.1) is 5.71 Å². The van der Waals surface area contributed by atoms with Crippen molar-refractivity contribution in [2.75, 3.05) is 6.54 Å². The van der Waals surface area contributed by atoms with Crippen LogP contribution in [-0.2, 0) is 4.79 Å². The minimum absolute atomic E-state index is 0.129. The van der Waals surface area contributed by atoms with Gasteiger partial charge in [0.25, 0.3) is 0 Å². The SMILES string of the molecule is NCCCC(=O)N/N=C(\c1ccccc1)c1ccc(Br)cc1. The third kappa shape index (κ3) is 4.79. The minimum Gasteiger partial charge on any atom is -0.330 e. The number of halogens is 1. The van der Waals surface area contributed by atoms with Crippen LogP contribution in [0.15, 0.2) is 64.2 Å². The molecule has 0 fully saturated rings. The van der Waals surface area contributed by atoms with Gasteiger partial charge in [-0.05, 0) is 25.1 Å². The highest BCUT2D eigenvalue weighted by atomic mass is 79.9. The number of hydrogen-bond donors (Lipinski definition) is 2. The van der Waals surface area contributed by atoms with Gasteiger partial charge in [0.1, 0.15) is 0 Å². The van der Waals surface area contributed by atoms with Gasteiger partial charge in [0.15, 0.2) is 0 Å². The van der Waals surface area contributed by atoms with E-state index in [1.165, 1.54) is 0 Å². The smallest absolute Gasteiger partial charge is 0.240 e. The summed E-state index contributed by atoms with van der Waals surface area (Å²) in [5, 5.41) is 4.31. The van der Waals surface area contributed by atoms with Gasteiger partial charge in [-0.3, -0.25) is 4.79 Å². The monoisotopic (exact) mass is 359 g/mol. The van der Waals surface area contributed by atoms with Gasteiger partial charge in [-0.15, -0.1) is 0 Å². The fourth-order valence-electron chi connectivity index (χ4n) is 1.94. The van der Waals surface area contributed by atoms with Gasteiger partial charge in [-0.25, -0.2) is 5.43 Å². The van der Waals surface area contributed by atoms with E-state index in [1.54, 1.807) is 0 Å². The summed E-state index contributed by atoms with van der Waals surface area (Å²) in [4.78, 5) is 11.7. The molecule has 0 unspecified atom stereocenters. The Morgan fingerprint density at radius 1 is 1.05 bits per heavy atom. The third-order valence-corrected chi connectivity index (χ3v) is 3.59. The van der Waals surface area contributed by atoms with Crippen LogP contribution in [0.4, 0.5) is 0 Å². The fraction of sp³-hybridized carbons (Fsp3) is 0.176. The Labute approximate surface area is 138 Å². The average molecular weight is 360 g/mol. The van der Waals surface area contributed by atoms with Crippen LogP contribution >= 0.6 is 15.9 Å². The molecule has 0 radical (unpaired) electrons. The highest BCUT2D eigenvalue weighted by molar-refractivity contribution is 9.10. The van der Waals surface area contributed by atoms with Gasteiger partial charge in [-0.1, -0.05) is 58.4 Å². The van der Waals surface area contributed by atoms with Crippen molar-refractivity contribution in [2.24, 2.45) is 10.8 Å². The predicted molar refractivity (Wildman–Crippen MR) is 92.7 cm³/mol. The van der Waals surface area contributed by atoms with Gasteiger partial charge in [0.2, 0.25) is 5.91 Å². The summed E-state index contributed by atoms with van der Waals surface area (Å²) in [7, 11) is 0. The van der Waals surface area contributed by atoms with E-state index < -0.39 is 0 Å². The topological polar surface area (TPSA) is 67.5 Å². The van der Waals surface area contributed by atoms with Crippen molar-refractivity contribution in [2.45, 2.75) is 12.8 Å². The highest BCUT2D eigenvalue weighted by Crippen LogP contribution is 2.15. The van der Waals surface area contributed by atoms with Crippen LogP contribution in [0.1, 0.15) is 24.0 Å². The molecule has 0 aliphatic rings. The molecule has 0 saturated heterocycles. The maximum Gasteiger partial charge on any atom is 0.240 e. The Kier molecular flexibility index (Phi) is 6.30. The van der Waals surface area contributed by atoms with Gasteiger partial charge in [-0.2, -0.15) is 5.10 Å². The molecule has 22 heavy (non-hydrogen) atoms. The van der Waals surface area contributed by atoms with Crippen molar-refractivity contribution >= 4 is 27.5 Å². The predicted octanol–water partition coefficient (Wildman–Crippen LogP) is 3.06. The molecule has 0 atom stereocenters. The number of nitrogens with one attached hydrogen (secondary N) is 1. The summed E-state index contributed by atoms with van der Waals surface area (Å²) in [6.07, 6.45) is 1.03. The first kappa shape index (κ1) is 16.4. The van der Waals surface area contributed by atoms with Crippen LogP contribution in [0.25, 0.3) is 0 Å². The summed E-state index contributed by atoms with van der Waals surface area (Å²) in [5.41, 5.74) is 10.6. The number of benzene rings is 2. The van der Waals surface area contributed by atoms with Crippen LogP contribution in [0, 0.1) is 0 Å². The van der Waals surface area contributed by atoms with Crippen LogP contribution < -0.4 is 11.2 Å². The van der Waals surface area contributed by atoms with Crippen molar-refractivity contribution in [1.82, 2.24) is 5.43 Å². The molecule has 2 aromatic carbocycles.